The number of hydrogen-bond donors (Lipinski definition) is 0. The molecule has 1 aromatic rings. The Morgan fingerprint density at radius 2 is 1.92 bits per heavy atom. The minimum Gasteiger partial charge on any atom is -0.266 e. The molecule has 0 radical (unpaired) electrons. The molecule has 0 saturated heterocycles. The molecule has 25 heavy (non-hydrogen) atoms. The molecule has 0 heterocycles. The summed E-state index contributed by atoms with van der Waals surface area (Å²) in [6.07, 6.45) is 11.5. The van der Waals surface area contributed by atoms with Gasteiger partial charge < -0.3 is 0 Å². The van der Waals surface area contributed by atoms with Crippen LogP contribution < -0.4 is 0 Å². The van der Waals surface area contributed by atoms with Crippen molar-refractivity contribution < 1.29 is 12.6 Å². The highest BCUT2D eigenvalue weighted by molar-refractivity contribution is 7.86. The number of benzene rings is 1. The van der Waals surface area contributed by atoms with Gasteiger partial charge in [0.2, 0.25) is 0 Å². The van der Waals surface area contributed by atoms with Crippen molar-refractivity contribution in [3.8, 4) is 0 Å². The number of allylic oxidation sites excluding steroid dienone is 2. The number of hydrogen-bond acceptors (Lipinski definition) is 3. The molecule has 0 bridgehead atoms. The molecular weight excluding hydrogens is 332 g/mol. The zero-order valence-electron chi connectivity index (χ0n) is 15.6. The van der Waals surface area contributed by atoms with Crippen LogP contribution in [0.3, 0.4) is 0 Å². The van der Waals surface area contributed by atoms with Crippen molar-refractivity contribution in [1.82, 2.24) is 0 Å². The number of rotatable bonds is 5. The Morgan fingerprint density at radius 1 is 1.20 bits per heavy atom. The SMILES string of the molecule is Cc1ccc(S(=O)(=O)OCC[C@]23C=CCC[C@]2(C)CCC[C@@H]3C)cc1. The molecule has 0 aromatic heterocycles. The Labute approximate surface area is 152 Å². The average Bonchev–Trinajstić information content (AvgIpc) is 2.56. The minimum atomic E-state index is -3.68. The fraction of sp³-hybridized carbons (Fsp3) is 0.619. The van der Waals surface area contributed by atoms with Gasteiger partial charge in [0.25, 0.3) is 10.1 Å². The number of aryl methyl sites for hydroxylation is 1. The van der Waals surface area contributed by atoms with Crippen molar-refractivity contribution in [2.45, 2.75) is 64.2 Å². The van der Waals surface area contributed by atoms with Gasteiger partial charge in [-0.2, -0.15) is 8.42 Å². The van der Waals surface area contributed by atoms with Gasteiger partial charge in [0.15, 0.2) is 0 Å². The minimum absolute atomic E-state index is 0.0618. The van der Waals surface area contributed by atoms with E-state index in [2.05, 4.69) is 26.0 Å². The van der Waals surface area contributed by atoms with Crippen LogP contribution in [0.15, 0.2) is 41.3 Å². The molecule has 1 aromatic carbocycles. The summed E-state index contributed by atoms with van der Waals surface area (Å²) in [5, 5.41) is 0. The Morgan fingerprint density at radius 3 is 2.64 bits per heavy atom. The molecule has 0 amide bonds. The smallest absolute Gasteiger partial charge is 0.266 e. The van der Waals surface area contributed by atoms with Gasteiger partial charge in [0.05, 0.1) is 11.5 Å². The average molecular weight is 363 g/mol. The van der Waals surface area contributed by atoms with E-state index in [9.17, 15) is 8.42 Å². The van der Waals surface area contributed by atoms with E-state index in [1.165, 1.54) is 25.7 Å². The van der Waals surface area contributed by atoms with Crippen LogP contribution in [0, 0.1) is 23.7 Å². The third-order valence-electron chi connectivity index (χ3n) is 6.71. The van der Waals surface area contributed by atoms with Gasteiger partial charge >= 0.3 is 0 Å². The van der Waals surface area contributed by atoms with E-state index in [1.54, 1.807) is 24.3 Å². The van der Waals surface area contributed by atoms with Gasteiger partial charge in [0.1, 0.15) is 0 Å². The van der Waals surface area contributed by atoms with Crippen LogP contribution >= 0.6 is 0 Å². The van der Waals surface area contributed by atoms with Crippen molar-refractivity contribution in [1.29, 1.82) is 0 Å². The zero-order valence-corrected chi connectivity index (χ0v) is 16.4. The highest BCUT2D eigenvalue weighted by atomic mass is 32.2. The standard InChI is InChI=1S/C21H30O3S/c1-17-8-10-19(11-9-17)25(22,23)24-16-15-21-14-5-4-12-20(21,3)13-6-7-18(21)2/h5,8-11,14,18H,4,6-7,12-13,15-16H2,1-3H3/t18-,20+,21-/m0/s1. The van der Waals surface area contributed by atoms with Crippen molar-refractivity contribution in [2.24, 2.45) is 16.7 Å². The Hall–Kier alpha value is -1.13. The van der Waals surface area contributed by atoms with E-state index < -0.39 is 10.1 Å². The van der Waals surface area contributed by atoms with Gasteiger partial charge in [0, 0.05) is 0 Å². The molecule has 2 aliphatic carbocycles. The van der Waals surface area contributed by atoms with Crippen LogP contribution in [-0.2, 0) is 14.3 Å². The fourth-order valence-electron chi connectivity index (χ4n) is 5.03. The lowest BCUT2D eigenvalue weighted by atomic mass is 9.48. The molecule has 0 aliphatic heterocycles. The first-order valence-electron chi connectivity index (χ1n) is 9.43. The molecule has 3 atom stereocenters. The van der Waals surface area contributed by atoms with Crippen molar-refractivity contribution in [3.05, 3.63) is 42.0 Å². The summed E-state index contributed by atoms with van der Waals surface area (Å²) < 4.78 is 30.4. The van der Waals surface area contributed by atoms with Crippen LogP contribution in [0.25, 0.3) is 0 Å². The van der Waals surface area contributed by atoms with E-state index in [0.29, 0.717) is 5.92 Å². The molecule has 1 saturated carbocycles. The Bertz CT molecular complexity index is 735. The molecule has 3 rings (SSSR count). The second-order valence-corrected chi connectivity index (χ2v) is 9.79. The van der Waals surface area contributed by atoms with Gasteiger partial charge in [-0.05, 0) is 67.9 Å². The maximum absolute atomic E-state index is 12.5. The molecule has 1 fully saturated rings. The van der Waals surface area contributed by atoms with Crippen molar-refractivity contribution >= 4 is 10.1 Å². The first-order chi connectivity index (χ1) is 11.8. The maximum atomic E-state index is 12.5. The van der Waals surface area contributed by atoms with E-state index in [4.69, 9.17) is 4.18 Å². The lowest BCUT2D eigenvalue weighted by molar-refractivity contribution is -0.0324. The summed E-state index contributed by atoms with van der Waals surface area (Å²) >= 11 is 0. The molecule has 3 nitrogen and oxygen atoms in total. The highest BCUT2D eigenvalue weighted by Crippen LogP contribution is 2.60. The summed E-state index contributed by atoms with van der Waals surface area (Å²) in [6.45, 7) is 6.90. The van der Waals surface area contributed by atoms with Gasteiger partial charge in [-0.3, -0.25) is 4.18 Å². The van der Waals surface area contributed by atoms with Crippen molar-refractivity contribution in [3.63, 3.8) is 0 Å². The monoisotopic (exact) mass is 362 g/mol. The van der Waals surface area contributed by atoms with E-state index in [1.807, 2.05) is 6.92 Å². The van der Waals surface area contributed by atoms with Gasteiger partial charge in [-0.15, -0.1) is 0 Å². The molecule has 4 heteroatoms. The predicted molar refractivity (Wildman–Crippen MR) is 101 cm³/mol. The molecule has 0 spiro atoms. The molecule has 2 aliphatic rings. The predicted octanol–water partition coefficient (Wildman–Crippen LogP) is 5.25. The van der Waals surface area contributed by atoms with Crippen LogP contribution in [0.2, 0.25) is 0 Å². The lowest BCUT2D eigenvalue weighted by Crippen LogP contribution is -2.48. The van der Waals surface area contributed by atoms with Crippen LogP contribution in [-0.4, -0.2) is 15.0 Å². The third kappa shape index (κ3) is 3.43. The second kappa shape index (κ2) is 6.88. The fourth-order valence-corrected chi connectivity index (χ4v) is 5.94. The topological polar surface area (TPSA) is 43.4 Å². The highest BCUT2D eigenvalue weighted by Gasteiger charge is 2.52. The summed E-state index contributed by atoms with van der Waals surface area (Å²) in [7, 11) is -3.68. The first-order valence-corrected chi connectivity index (χ1v) is 10.8. The molecule has 0 N–H and O–H groups in total. The summed E-state index contributed by atoms with van der Waals surface area (Å²) in [6, 6.07) is 6.85. The molecule has 0 unspecified atom stereocenters. The quantitative estimate of drug-likeness (QED) is 0.530. The van der Waals surface area contributed by atoms with E-state index in [-0.39, 0.29) is 22.3 Å². The Kier molecular flexibility index (Phi) is 5.13. The Balaban J connectivity index is 1.74. The van der Waals surface area contributed by atoms with Crippen LogP contribution in [0.1, 0.15) is 57.9 Å². The maximum Gasteiger partial charge on any atom is 0.296 e. The second-order valence-electron chi connectivity index (χ2n) is 8.17. The molecule has 138 valence electrons. The first kappa shape index (κ1) is 18.7. The van der Waals surface area contributed by atoms with Gasteiger partial charge in [-0.25, -0.2) is 0 Å². The lowest BCUT2D eigenvalue weighted by Gasteiger charge is -2.56. The van der Waals surface area contributed by atoms with Crippen molar-refractivity contribution in [2.75, 3.05) is 6.61 Å². The summed E-state index contributed by atoms with van der Waals surface area (Å²) in [5.74, 6) is 0.563. The third-order valence-corrected chi connectivity index (χ3v) is 8.04. The van der Waals surface area contributed by atoms with E-state index in [0.717, 1.165) is 18.4 Å². The summed E-state index contributed by atoms with van der Waals surface area (Å²) in [5.41, 5.74) is 1.36. The molecular formula is C21H30O3S. The van der Waals surface area contributed by atoms with Crippen LogP contribution in [0.5, 0.6) is 0 Å². The number of fused-ring (bicyclic) bond motifs is 1. The normalized spacial score (nSPS) is 32.4. The summed E-state index contributed by atoms with van der Waals surface area (Å²) in [4.78, 5) is 0.245. The zero-order chi connectivity index (χ0) is 18.1. The van der Waals surface area contributed by atoms with Gasteiger partial charge in [-0.1, -0.05) is 50.1 Å². The largest absolute Gasteiger partial charge is 0.296 e. The van der Waals surface area contributed by atoms with E-state index >= 15 is 0 Å². The van der Waals surface area contributed by atoms with Crippen LogP contribution in [0.4, 0.5) is 0 Å².